The monoisotopic (exact) mass is 377 g/mol. The number of nitrogens with one attached hydrogen (secondary N) is 1. The number of amides is 4. The molecule has 2 heterocycles. The second-order valence-corrected chi connectivity index (χ2v) is 6.24. The van der Waals surface area contributed by atoms with Crippen LogP contribution in [0.25, 0.3) is 0 Å². The molecule has 0 saturated heterocycles. The number of benzene rings is 2. The maximum Gasteiger partial charge on any atom is 0.277 e. The van der Waals surface area contributed by atoms with Crippen molar-refractivity contribution in [3.8, 4) is 0 Å². The highest BCUT2D eigenvalue weighted by Gasteiger charge is 2.36. The molecular formula is C20H15N3O5. The third-order valence-corrected chi connectivity index (χ3v) is 4.53. The molecule has 8 heteroatoms. The largest absolute Gasteiger partial charge is 0.395 e. The molecule has 0 atom stereocenters. The summed E-state index contributed by atoms with van der Waals surface area (Å²) in [4.78, 5) is 51.0. The van der Waals surface area contributed by atoms with Gasteiger partial charge in [0.25, 0.3) is 23.6 Å². The van der Waals surface area contributed by atoms with Crippen LogP contribution in [0.4, 0.5) is 11.4 Å². The average molecular weight is 377 g/mol. The van der Waals surface area contributed by atoms with Crippen molar-refractivity contribution in [1.82, 2.24) is 4.90 Å². The summed E-state index contributed by atoms with van der Waals surface area (Å²) < 4.78 is 0. The number of rotatable bonds is 5. The van der Waals surface area contributed by atoms with Crippen molar-refractivity contribution in [2.24, 2.45) is 0 Å². The number of hydrogen-bond donors (Lipinski definition) is 2. The SMILES string of the molecule is O=C1C=C(Nc2ccc(N3C(=O)c4ccccc4C3=O)cc2)C(=O)N1CCO. The van der Waals surface area contributed by atoms with E-state index in [1.54, 1.807) is 48.5 Å². The second-order valence-electron chi connectivity index (χ2n) is 6.24. The van der Waals surface area contributed by atoms with Crippen molar-refractivity contribution in [3.63, 3.8) is 0 Å². The summed E-state index contributed by atoms with van der Waals surface area (Å²) in [5.41, 5.74) is 1.73. The molecule has 2 N–H and O–H groups in total. The van der Waals surface area contributed by atoms with Crippen LogP contribution >= 0.6 is 0 Å². The minimum absolute atomic E-state index is 0.0714. The fourth-order valence-electron chi connectivity index (χ4n) is 3.18. The average Bonchev–Trinajstić information content (AvgIpc) is 3.11. The van der Waals surface area contributed by atoms with E-state index in [0.717, 1.165) is 15.9 Å². The minimum atomic E-state index is -0.525. The number of aliphatic hydroxyl groups is 1. The molecule has 0 unspecified atom stereocenters. The predicted molar refractivity (Wildman–Crippen MR) is 99.5 cm³/mol. The van der Waals surface area contributed by atoms with E-state index in [1.165, 1.54) is 0 Å². The first kappa shape index (κ1) is 17.6. The molecule has 28 heavy (non-hydrogen) atoms. The normalized spacial score (nSPS) is 16.0. The number of imide groups is 2. The van der Waals surface area contributed by atoms with E-state index >= 15 is 0 Å². The zero-order valence-corrected chi connectivity index (χ0v) is 14.6. The first-order valence-corrected chi connectivity index (χ1v) is 8.54. The maximum atomic E-state index is 12.5. The lowest BCUT2D eigenvalue weighted by Gasteiger charge is -2.15. The number of carbonyl (C=O) groups is 4. The Kier molecular flexibility index (Phi) is 4.25. The van der Waals surface area contributed by atoms with Gasteiger partial charge in [0, 0.05) is 11.8 Å². The highest BCUT2D eigenvalue weighted by atomic mass is 16.3. The van der Waals surface area contributed by atoms with Crippen LogP contribution in [0.15, 0.2) is 60.3 Å². The lowest BCUT2D eigenvalue weighted by Crippen LogP contribution is -2.34. The summed E-state index contributed by atoms with van der Waals surface area (Å²) in [5, 5.41) is 11.8. The lowest BCUT2D eigenvalue weighted by molar-refractivity contribution is -0.137. The molecule has 2 aromatic carbocycles. The zero-order valence-electron chi connectivity index (χ0n) is 14.6. The van der Waals surface area contributed by atoms with Crippen molar-refractivity contribution in [2.75, 3.05) is 23.4 Å². The summed E-state index contributed by atoms with van der Waals surface area (Å²) in [6.07, 6.45) is 1.16. The Labute approximate surface area is 159 Å². The van der Waals surface area contributed by atoms with Gasteiger partial charge in [-0.1, -0.05) is 12.1 Å². The van der Waals surface area contributed by atoms with Gasteiger partial charge >= 0.3 is 0 Å². The minimum Gasteiger partial charge on any atom is -0.395 e. The molecule has 2 aliphatic rings. The first-order valence-electron chi connectivity index (χ1n) is 8.54. The molecule has 0 aliphatic carbocycles. The molecule has 4 amide bonds. The number of anilines is 2. The lowest BCUT2D eigenvalue weighted by atomic mass is 10.1. The molecule has 2 aromatic rings. The van der Waals surface area contributed by atoms with Crippen molar-refractivity contribution in [2.45, 2.75) is 0 Å². The fourth-order valence-corrected chi connectivity index (χ4v) is 3.18. The van der Waals surface area contributed by atoms with E-state index in [0.29, 0.717) is 22.5 Å². The van der Waals surface area contributed by atoms with E-state index in [-0.39, 0.29) is 30.7 Å². The molecule has 4 rings (SSSR count). The molecule has 140 valence electrons. The van der Waals surface area contributed by atoms with E-state index < -0.39 is 11.8 Å². The molecule has 8 nitrogen and oxygen atoms in total. The van der Waals surface area contributed by atoms with E-state index in [2.05, 4.69) is 5.32 Å². The van der Waals surface area contributed by atoms with Crippen LogP contribution in [-0.2, 0) is 9.59 Å². The van der Waals surface area contributed by atoms with Crippen molar-refractivity contribution in [3.05, 3.63) is 71.4 Å². The molecule has 0 radical (unpaired) electrons. The van der Waals surface area contributed by atoms with Gasteiger partial charge in [0.05, 0.1) is 30.0 Å². The number of aliphatic hydroxyl groups excluding tert-OH is 1. The Balaban J connectivity index is 1.52. The molecule has 0 aromatic heterocycles. The number of β-amino-alcohol motifs (C(OH)–C–C–N with tert-alkyl or cyclic N) is 1. The van der Waals surface area contributed by atoms with Gasteiger partial charge in [-0.15, -0.1) is 0 Å². The molecule has 0 spiro atoms. The van der Waals surface area contributed by atoms with Gasteiger partial charge in [0.1, 0.15) is 5.70 Å². The van der Waals surface area contributed by atoms with Crippen molar-refractivity contribution < 1.29 is 24.3 Å². The zero-order chi connectivity index (χ0) is 19.8. The molecular weight excluding hydrogens is 362 g/mol. The number of fused-ring (bicyclic) bond motifs is 1. The molecule has 0 fully saturated rings. The predicted octanol–water partition coefficient (Wildman–Crippen LogP) is 1.14. The molecule has 2 aliphatic heterocycles. The second kappa shape index (κ2) is 6.75. The van der Waals surface area contributed by atoms with Gasteiger partial charge in [0.15, 0.2) is 0 Å². The number of nitrogens with zero attached hydrogens (tertiary/aromatic N) is 2. The number of carbonyl (C=O) groups excluding carboxylic acids is 4. The van der Waals surface area contributed by atoms with Crippen LogP contribution in [0.1, 0.15) is 20.7 Å². The van der Waals surface area contributed by atoms with Crippen LogP contribution in [-0.4, -0.2) is 46.8 Å². The Morgan fingerprint density at radius 1 is 0.821 bits per heavy atom. The van der Waals surface area contributed by atoms with Gasteiger partial charge in [-0.2, -0.15) is 0 Å². The van der Waals surface area contributed by atoms with Gasteiger partial charge < -0.3 is 10.4 Å². The summed E-state index contributed by atoms with van der Waals surface area (Å²) >= 11 is 0. The summed E-state index contributed by atoms with van der Waals surface area (Å²) in [6, 6.07) is 13.0. The van der Waals surface area contributed by atoms with E-state index in [9.17, 15) is 19.2 Å². The first-order chi connectivity index (χ1) is 13.5. The van der Waals surface area contributed by atoms with E-state index in [4.69, 9.17) is 5.11 Å². The highest BCUT2D eigenvalue weighted by Crippen LogP contribution is 2.29. The smallest absolute Gasteiger partial charge is 0.277 e. The van der Waals surface area contributed by atoms with Crippen LogP contribution < -0.4 is 10.2 Å². The quantitative estimate of drug-likeness (QED) is 0.757. The third kappa shape index (κ3) is 2.76. The fraction of sp³-hybridized carbons (Fsp3) is 0.100. The highest BCUT2D eigenvalue weighted by molar-refractivity contribution is 6.34. The molecule has 0 bridgehead atoms. The third-order valence-electron chi connectivity index (χ3n) is 4.53. The van der Waals surface area contributed by atoms with Crippen LogP contribution in [0.2, 0.25) is 0 Å². The Morgan fingerprint density at radius 3 is 2.00 bits per heavy atom. The summed E-state index contributed by atoms with van der Waals surface area (Å²) in [7, 11) is 0. The summed E-state index contributed by atoms with van der Waals surface area (Å²) in [5.74, 6) is -1.80. The van der Waals surface area contributed by atoms with Gasteiger partial charge in [-0.3, -0.25) is 24.1 Å². The van der Waals surface area contributed by atoms with Crippen molar-refractivity contribution >= 4 is 35.0 Å². The van der Waals surface area contributed by atoms with Gasteiger partial charge in [0.2, 0.25) is 0 Å². The van der Waals surface area contributed by atoms with Gasteiger partial charge in [-0.25, -0.2) is 4.90 Å². The standard InChI is InChI=1S/C20H15N3O5/c24-10-9-22-17(25)11-16(20(22)28)21-12-5-7-13(8-6-12)23-18(26)14-3-1-2-4-15(14)19(23)27/h1-8,11,21,24H,9-10H2. The van der Waals surface area contributed by atoms with Crippen molar-refractivity contribution in [1.29, 1.82) is 0 Å². The topological polar surface area (TPSA) is 107 Å². The number of hydrogen-bond acceptors (Lipinski definition) is 6. The maximum absolute atomic E-state index is 12.5. The Hall–Kier alpha value is -3.78. The van der Waals surface area contributed by atoms with E-state index in [1.807, 2.05) is 0 Å². The van der Waals surface area contributed by atoms with Gasteiger partial charge in [-0.05, 0) is 36.4 Å². The Bertz CT molecular complexity index is 1010. The Morgan fingerprint density at radius 2 is 1.43 bits per heavy atom. The molecule has 0 saturated carbocycles. The van der Waals surface area contributed by atoms with Crippen LogP contribution in [0.3, 0.4) is 0 Å². The summed E-state index contributed by atoms with van der Waals surface area (Å²) in [6.45, 7) is -0.383. The van der Waals surface area contributed by atoms with Crippen LogP contribution in [0.5, 0.6) is 0 Å². The van der Waals surface area contributed by atoms with Crippen LogP contribution in [0, 0.1) is 0 Å².